The average Bonchev–Trinajstić information content (AvgIpc) is 2.85. The van der Waals surface area contributed by atoms with Crippen molar-refractivity contribution < 1.29 is 19.0 Å². The Kier molecular flexibility index (Phi) is 8.83. The van der Waals surface area contributed by atoms with Crippen molar-refractivity contribution in [2.75, 3.05) is 26.4 Å². The summed E-state index contributed by atoms with van der Waals surface area (Å²) in [5.74, 6) is -0.373. The minimum atomic E-state index is -1.17. The number of carbonyl (C=O) groups excluding carboxylic acids is 1. The molecule has 1 saturated heterocycles. The van der Waals surface area contributed by atoms with Crippen molar-refractivity contribution in [3.05, 3.63) is 108 Å². The molecule has 0 aromatic heterocycles. The smallest absolute Gasteiger partial charge is 0.345 e. The molecule has 0 bridgehead atoms. The summed E-state index contributed by atoms with van der Waals surface area (Å²) in [4.78, 5) is 12.7. The van der Waals surface area contributed by atoms with Gasteiger partial charge in [-0.15, -0.1) is 0 Å². The number of aryl methyl sites for hydroxylation is 2. The van der Waals surface area contributed by atoms with Crippen LogP contribution in [0.3, 0.4) is 0 Å². The van der Waals surface area contributed by atoms with E-state index in [4.69, 9.17) is 14.2 Å². The zero-order valence-electron chi connectivity index (χ0n) is 18.0. The summed E-state index contributed by atoms with van der Waals surface area (Å²) in [6.07, 6.45) is 1.72. The third-order valence-electron chi connectivity index (χ3n) is 5.07. The highest BCUT2D eigenvalue weighted by Crippen LogP contribution is 2.33. The van der Waals surface area contributed by atoms with E-state index in [-0.39, 0.29) is 12.6 Å². The molecule has 1 aliphatic rings. The minimum Gasteiger partial charge on any atom is -0.464 e. The maximum absolute atomic E-state index is 12.7. The van der Waals surface area contributed by atoms with Gasteiger partial charge in [0.2, 0.25) is 5.60 Å². The fourth-order valence-electron chi connectivity index (χ4n) is 3.56. The predicted molar refractivity (Wildman–Crippen MR) is 121 cm³/mol. The lowest BCUT2D eigenvalue weighted by Crippen LogP contribution is -2.48. The summed E-state index contributed by atoms with van der Waals surface area (Å²) in [5.41, 5.74) is 2.04. The number of rotatable bonds is 6. The van der Waals surface area contributed by atoms with Crippen LogP contribution in [0.4, 0.5) is 0 Å². The average molecular weight is 418 g/mol. The van der Waals surface area contributed by atoms with Crippen LogP contribution in [0.25, 0.3) is 0 Å². The van der Waals surface area contributed by atoms with E-state index in [0.717, 1.165) is 24.0 Å². The molecule has 1 heterocycles. The maximum Gasteiger partial charge on any atom is 0.345 e. The van der Waals surface area contributed by atoms with Crippen LogP contribution in [-0.4, -0.2) is 32.4 Å². The molecule has 1 unspecified atom stereocenters. The normalized spacial score (nSPS) is 17.8. The second-order valence-corrected chi connectivity index (χ2v) is 7.17. The van der Waals surface area contributed by atoms with Gasteiger partial charge < -0.3 is 14.2 Å². The minimum absolute atomic E-state index is 0.189. The van der Waals surface area contributed by atoms with Crippen LogP contribution in [-0.2, 0) is 37.4 Å². The molecular weight excluding hydrogens is 388 g/mol. The Hall–Kier alpha value is -2.95. The van der Waals surface area contributed by atoms with Crippen LogP contribution in [0.15, 0.2) is 84.9 Å². The van der Waals surface area contributed by atoms with Crippen molar-refractivity contribution in [1.29, 1.82) is 0 Å². The Morgan fingerprint density at radius 3 is 2.26 bits per heavy atom. The standard InChI is InChI=1S/C21H24O4.C6H5/c1-2-24-20(22)21(16-23-14-15-25-21)19-11-7-6-10-18(19)13-12-17-8-4-3-5-9-17;1-2-4-6-5-3-1/h3-11H,2,12-16H2,1H3;1-5H. The molecule has 0 amide bonds. The van der Waals surface area contributed by atoms with Gasteiger partial charge in [-0.05, 0) is 37.0 Å². The van der Waals surface area contributed by atoms with Gasteiger partial charge in [-0.1, -0.05) is 84.9 Å². The number of carbonyl (C=O) groups is 1. The van der Waals surface area contributed by atoms with Crippen LogP contribution in [0.5, 0.6) is 0 Å². The van der Waals surface area contributed by atoms with Crippen LogP contribution < -0.4 is 0 Å². The summed E-state index contributed by atoms with van der Waals surface area (Å²) >= 11 is 0. The molecule has 31 heavy (non-hydrogen) atoms. The summed E-state index contributed by atoms with van der Waals surface area (Å²) in [7, 11) is 0. The molecule has 0 aliphatic carbocycles. The van der Waals surface area contributed by atoms with Crippen molar-refractivity contribution in [1.82, 2.24) is 0 Å². The lowest BCUT2D eigenvalue weighted by molar-refractivity contribution is -0.202. The summed E-state index contributed by atoms with van der Waals surface area (Å²) in [5, 5.41) is 0. The quantitative estimate of drug-likeness (QED) is 0.542. The van der Waals surface area contributed by atoms with Gasteiger partial charge in [0.05, 0.1) is 26.4 Å². The van der Waals surface area contributed by atoms with Crippen LogP contribution >= 0.6 is 0 Å². The maximum atomic E-state index is 12.7. The SMILES string of the molecule is CCOC(=O)C1(c2ccccc2CCc2ccccc2)COCCO1.[c]1ccccc1. The van der Waals surface area contributed by atoms with Crippen LogP contribution in [0.1, 0.15) is 23.6 Å². The first kappa shape index (κ1) is 22.7. The third kappa shape index (κ3) is 6.27. The van der Waals surface area contributed by atoms with E-state index in [2.05, 4.69) is 24.3 Å². The van der Waals surface area contributed by atoms with Crippen molar-refractivity contribution in [2.24, 2.45) is 0 Å². The van der Waals surface area contributed by atoms with Gasteiger partial charge in [0.15, 0.2) is 0 Å². The number of benzene rings is 3. The topological polar surface area (TPSA) is 44.8 Å². The van der Waals surface area contributed by atoms with Gasteiger partial charge >= 0.3 is 5.97 Å². The number of hydrogen-bond acceptors (Lipinski definition) is 4. The Balaban J connectivity index is 0.000000391. The predicted octanol–water partition coefficient (Wildman–Crippen LogP) is 4.76. The molecule has 4 nitrogen and oxygen atoms in total. The fourth-order valence-corrected chi connectivity index (χ4v) is 3.56. The second-order valence-electron chi connectivity index (χ2n) is 7.17. The zero-order chi connectivity index (χ0) is 21.8. The molecule has 0 saturated carbocycles. The molecule has 0 N–H and O–H groups in total. The van der Waals surface area contributed by atoms with Gasteiger partial charge in [-0.2, -0.15) is 0 Å². The van der Waals surface area contributed by atoms with E-state index in [1.165, 1.54) is 5.56 Å². The summed E-state index contributed by atoms with van der Waals surface area (Å²) in [6.45, 7) is 3.18. The molecule has 1 radical (unpaired) electrons. The largest absolute Gasteiger partial charge is 0.464 e. The highest BCUT2D eigenvalue weighted by Gasteiger charge is 2.46. The fraction of sp³-hybridized carbons (Fsp3) is 0.296. The van der Waals surface area contributed by atoms with E-state index in [1.54, 1.807) is 6.92 Å². The summed E-state index contributed by atoms with van der Waals surface area (Å²) in [6, 6.07) is 30.8. The number of hydrogen-bond donors (Lipinski definition) is 0. The molecule has 4 rings (SSSR count). The number of ether oxygens (including phenoxy) is 3. The summed E-state index contributed by atoms with van der Waals surface area (Å²) < 4.78 is 16.9. The monoisotopic (exact) mass is 417 g/mol. The van der Waals surface area contributed by atoms with Gasteiger partial charge in [0, 0.05) is 5.56 Å². The molecule has 0 spiro atoms. The van der Waals surface area contributed by atoms with Gasteiger partial charge in [-0.3, -0.25) is 0 Å². The van der Waals surface area contributed by atoms with Crippen molar-refractivity contribution >= 4 is 5.97 Å². The van der Waals surface area contributed by atoms with E-state index in [1.807, 2.05) is 66.7 Å². The second kappa shape index (κ2) is 12.0. The molecule has 1 atom stereocenters. The lowest BCUT2D eigenvalue weighted by atomic mass is 9.87. The molecule has 4 heteroatoms. The van der Waals surface area contributed by atoms with Crippen molar-refractivity contribution in [2.45, 2.75) is 25.4 Å². The van der Waals surface area contributed by atoms with E-state index in [0.29, 0.717) is 19.8 Å². The van der Waals surface area contributed by atoms with Crippen LogP contribution in [0, 0.1) is 6.07 Å². The Labute approximate surface area is 184 Å². The number of esters is 1. The molecule has 3 aromatic carbocycles. The Morgan fingerprint density at radius 2 is 1.65 bits per heavy atom. The highest BCUT2D eigenvalue weighted by atomic mass is 16.6. The molecule has 161 valence electrons. The lowest BCUT2D eigenvalue weighted by Gasteiger charge is -2.36. The molecule has 3 aromatic rings. The van der Waals surface area contributed by atoms with Crippen molar-refractivity contribution in [3.8, 4) is 0 Å². The van der Waals surface area contributed by atoms with Gasteiger partial charge in [0.1, 0.15) is 0 Å². The Bertz CT molecular complexity index is 876. The van der Waals surface area contributed by atoms with E-state index < -0.39 is 5.60 Å². The van der Waals surface area contributed by atoms with E-state index in [9.17, 15) is 4.79 Å². The third-order valence-corrected chi connectivity index (χ3v) is 5.07. The molecule has 1 fully saturated rings. The zero-order valence-corrected chi connectivity index (χ0v) is 18.0. The molecular formula is C27H29O4. The first-order valence-corrected chi connectivity index (χ1v) is 10.7. The first-order valence-electron chi connectivity index (χ1n) is 10.7. The first-order chi connectivity index (χ1) is 15.3. The Morgan fingerprint density at radius 1 is 0.935 bits per heavy atom. The highest BCUT2D eigenvalue weighted by molar-refractivity contribution is 5.82. The van der Waals surface area contributed by atoms with Gasteiger partial charge in [0.25, 0.3) is 0 Å². The van der Waals surface area contributed by atoms with Gasteiger partial charge in [-0.25, -0.2) is 4.79 Å². The van der Waals surface area contributed by atoms with Crippen molar-refractivity contribution in [3.63, 3.8) is 0 Å². The van der Waals surface area contributed by atoms with Crippen LogP contribution in [0.2, 0.25) is 0 Å². The van der Waals surface area contributed by atoms with E-state index >= 15 is 0 Å². The molecule has 1 aliphatic heterocycles.